The molecule has 15 heavy (non-hydrogen) atoms. The molecule has 1 amide bonds. The quantitative estimate of drug-likeness (QED) is 0.767. The summed E-state index contributed by atoms with van der Waals surface area (Å²) in [6, 6.07) is 0.647. The molecular formula is C12H22N2O. The maximum Gasteiger partial charge on any atom is 0.217 e. The molecule has 0 spiro atoms. The molecule has 1 saturated heterocycles. The Morgan fingerprint density at radius 2 is 1.80 bits per heavy atom. The molecule has 0 bridgehead atoms. The van der Waals surface area contributed by atoms with Crippen LogP contribution in [0.15, 0.2) is 0 Å². The lowest BCUT2D eigenvalue weighted by molar-refractivity contribution is -0.119. The van der Waals surface area contributed by atoms with E-state index in [1.54, 1.807) is 0 Å². The molecule has 2 aliphatic rings. The maximum atomic E-state index is 11.0. The number of primary amides is 1. The Labute approximate surface area is 92.0 Å². The zero-order chi connectivity index (χ0) is 10.7. The SMILES string of the molecule is NC(=O)CC1CCCCC1N1CCCC1. The van der Waals surface area contributed by atoms with Crippen LogP contribution in [0.4, 0.5) is 0 Å². The molecule has 1 saturated carbocycles. The Morgan fingerprint density at radius 3 is 2.47 bits per heavy atom. The molecule has 0 aromatic carbocycles. The van der Waals surface area contributed by atoms with E-state index >= 15 is 0 Å². The maximum absolute atomic E-state index is 11.0. The fourth-order valence-electron chi connectivity index (χ4n) is 3.24. The number of rotatable bonds is 3. The molecule has 1 heterocycles. The first-order chi connectivity index (χ1) is 7.27. The van der Waals surface area contributed by atoms with Crippen LogP contribution in [-0.2, 0) is 4.79 Å². The molecule has 1 aliphatic heterocycles. The second kappa shape index (κ2) is 4.97. The van der Waals surface area contributed by atoms with Crippen LogP contribution in [0.1, 0.15) is 44.9 Å². The van der Waals surface area contributed by atoms with E-state index in [2.05, 4.69) is 4.90 Å². The van der Waals surface area contributed by atoms with Gasteiger partial charge in [-0.25, -0.2) is 0 Å². The molecule has 2 N–H and O–H groups in total. The van der Waals surface area contributed by atoms with Crippen molar-refractivity contribution in [3.05, 3.63) is 0 Å². The van der Waals surface area contributed by atoms with Crippen LogP contribution in [0.2, 0.25) is 0 Å². The number of hydrogen-bond donors (Lipinski definition) is 1. The van der Waals surface area contributed by atoms with Crippen LogP contribution in [0.3, 0.4) is 0 Å². The molecule has 2 unspecified atom stereocenters. The molecule has 2 atom stereocenters. The third-order valence-corrected chi connectivity index (χ3v) is 3.94. The number of carbonyl (C=O) groups excluding carboxylic acids is 1. The Hall–Kier alpha value is -0.570. The largest absolute Gasteiger partial charge is 0.370 e. The van der Waals surface area contributed by atoms with Gasteiger partial charge in [-0.2, -0.15) is 0 Å². The number of likely N-dealkylation sites (tertiary alicyclic amines) is 1. The molecule has 2 fully saturated rings. The number of hydrogen-bond acceptors (Lipinski definition) is 2. The van der Waals surface area contributed by atoms with E-state index in [-0.39, 0.29) is 5.91 Å². The van der Waals surface area contributed by atoms with Gasteiger partial charge in [0.1, 0.15) is 0 Å². The van der Waals surface area contributed by atoms with Crippen molar-refractivity contribution in [1.29, 1.82) is 0 Å². The predicted molar refractivity (Wildman–Crippen MR) is 60.4 cm³/mol. The van der Waals surface area contributed by atoms with E-state index in [0.717, 1.165) is 0 Å². The van der Waals surface area contributed by atoms with Crippen molar-refractivity contribution in [3.63, 3.8) is 0 Å². The van der Waals surface area contributed by atoms with Crippen LogP contribution in [-0.4, -0.2) is 29.9 Å². The highest BCUT2D eigenvalue weighted by Crippen LogP contribution is 2.32. The van der Waals surface area contributed by atoms with Crippen LogP contribution < -0.4 is 5.73 Å². The highest BCUT2D eigenvalue weighted by Gasteiger charge is 2.32. The van der Waals surface area contributed by atoms with E-state index in [0.29, 0.717) is 18.4 Å². The molecular weight excluding hydrogens is 188 g/mol. The monoisotopic (exact) mass is 210 g/mol. The lowest BCUT2D eigenvalue weighted by Gasteiger charge is -2.37. The third-order valence-electron chi connectivity index (χ3n) is 3.94. The van der Waals surface area contributed by atoms with Crippen molar-refractivity contribution in [2.75, 3.05) is 13.1 Å². The van der Waals surface area contributed by atoms with Gasteiger partial charge in [0, 0.05) is 12.5 Å². The van der Waals surface area contributed by atoms with E-state index in [9.17, 15) is 4.79 Å². The summed E-state index contributed by atoms with van der Waals surface area (Å²) in [5.41, 5.74) is 5.33. The summed E-state index contributed by atoms with van der Waals surface area (Å²) in [5, 5.41) is 0. The first kappa shape index (κ1) is 10.9. The minimum absolute atomic E-state index is 0.119. The lowest BCUT2D eigenvalue weighted by atomic mass is 9.81. The van der Waals surface area contributed by atoms with E-state index < -0.39 is 0 Å². The summed E-state index contributed by atoms with van der Waals surface area (Å²) in [5.74, 6) is 0.417. The zero-order valence-electron chi connectivity index (χ0n) is 9.45. The molecule has 0 aromatic heterocycles. The number of amides is 1. The standard InChI is InChI=1S/C12H22N2O/c13-12(15)9-10-5-1-2-6-11(10)14-7-3-4-8-14/h10-11H,1-9H2,(H2,13,15). The van der Waals surface area contributed by atoms with Crippen molar-refractivity contribution in [3.8, 4) is 0 Å². The van der Waals surface area contributed by atoms with Gasteiger partial charge < -0.3 is 10.6 Å². The molecule has 0 radical (unpaired) electrons. The second-order valence-corrected chi connectivity index (χ2v) is 5.03. The van der Waals surface area contributed by atoms with E-state index in [1.807, 2.05) is 0 Å². The van der Waals surface area contributed by atoms with Gasteiger partial charge in [-0.05, 0) is 44.7 Å². The molecule has 1 aliphatic carbocycles. The van der Waals surface area contributed by atoms with Gasteiger partial charge in [-0.15, -0.1) is 0 Å². The Balaban J connectivity index is 1.95. The second-order valence-electron chi connectivity index (χ2n) is 5.03. The Kier molecular flexibility index (Phi) is 3.62. The molecule has 0 aromatic rings. The minimum atomic E-state index is -0.119. The lowest BCUT2D eigenvalue weighted by Crippen LogP contribution is -2.42. The fraction of sp³-hybridized carbons (Fsp3) is 0.917. The van der Waals surface area contributed by atoms with Crippen LogP contribution in [0.25, 0.3) is 0 Å². The topological polar surface area (TPSA) is 46.3 Å². The van der Waals surface area contributed by atoms with Crippen LogP contribution in [0, 0.1) is 5.92 Å². The Morgan fingerprint density at radius 1 is 1.13 bits per heavy atom. The summed E-state index contributed by atoms with van der Waals surface area (Å²) in [6.07, 6.45) is 8.35. The number of carbonyl (C=O) groups is 1. The zero-order valence-corrected chi connectivity index (χ0v) is 9.45. The van der Waals surface area contributed by atoms with Crippen LogP contribution >= 0.6 is 0 Å². The normalized spacial score (nSPS) is 33.1. The predicted octanol–water partition coefficient (Wildman–Crippen LogP) is 1.52. The summed E-state index contributed by atoms with van der Waals surface area (Å²) >= 11 is 0. The molecule has 2 rings (SSSR count). The summed E-state index contributed by atoms with van der Waals surface area (Å²) in [6.45, 7) is 2.47. The third kappa shape index (κ3) is 2.71. The van der Waals surface area contributed by atoms with Crippen molar-refractivity contribution in [1.82, 2.24) is 4.90 Å². The smallest absolute Gasteiger partial charge is 0.217 e. The summed E-state index contributed by atoms with van der Waals surface area (Å²) < 4.78 is 0. The van der Waals surface area contributed by atoms with Gasteiger partial charge in [0.05, 0.1) is 0 Å². The summed E-state index contributed by atoms with van der Waals surface area (Å²) in [7, 11) is 0. The van der Waals surface area contributed by atoms with Gasteiger partial charge in [-0.3, -0.25) is 4.79 Å². The highest BCUT2D eigenvalue weighted by atomic mass is 16.1. The van der Waals surface area contributed by atoms with Gasteiger partial charge >= 0.3 is 0 Å². The molecule has 3 nitrogen and oxygen atoms in total. The van der Waals surface area contributed by atoms with Crippen molar-refractivity contribution in [2.45, 2.75) is 51.0 Å². The minimum Gasteiger partial charge on any atom is -0.370 e. The van der Waals surface area contributed by atoms with Crippen molar-refractivity contribution < 1.29 is 4.79 Å². The molecule has 86 valence electrons. The average molecular weight is 210 g/mol. The van der Waals surface area contributed by atoms with Gasteiger partial charge in [-0.1, -0.05) is 12.8 Å². The number of nitrogens with zero attached hydrogens (tertiary/aromatic N) is 1. The van der Waals surface area contributed by atoms with E-state index in [4.69, 9.17) is 5.73 Å². The fourth-order valence-corrected chi connectivity index (χ4v) is 3.24. The average Bonchev–Trinajstić information content (AvgIpc) is 2.70. The summed E-state index contributed by atoms with van der Waals surface area (Å²) in [4.78, 5) is 13.6. The van der Waals surface area contributed by atoms with Crippen LogP contribution in [0.5, 0.6) is 0 Å². The molecule has 3 heteroatoms. The highest BCUT2D eigenvalue weighted by molar-refractivity contribution is 5.74. The van der Waals surface area contributed by atoms with Crippen molar-refractivity contribution >= 4 is 5.91 Å². The van der Waals surface area contributed by atoms with Gasteiger partial charge in [0.2, 0.25) is 5.91 Å². The van der Waals surface area contributed by atoms with Crippen molar-refractivity contribution in [2.24, 2.45) is 11.7 Å². The first-order valence-electron chi connectivity index (χ1n) is 6.30. The van der Waals surface area contributed by atoms with Gasteiger partial charge in [0.25, 0.3) is 0 Å². The van der Waals surface area contributed by atoms with E-state index in [1.165, 1.54) is 51.6 Å². The first-order valence-corrected chi connectivity index (χ1v) is 6.30. The number of nitrogens with two attached hydrogens (primary N) is 1. The van der Waals surface area contributed by atoms with Gasteiger partial charge in [0.15, 0.2) is 0 Å². The Bertz CT molecular complexity index is 224.